The van der Waals surface area contributed by atoms with Crippen LogP contribution in [0.1, 0.15) is 69.0 Å². The first-order valence-electron chi connectivity index (χ1n) is 10.4. The highest BCUT2D eigenvalue weighted by atomic mass is 16.4. The Bertz CT molecular complexity index is 653. The van der Waals surface area contributed by atoms with Crippen molar-refractivity contribution in [3.8, 4) is 0 Å². The number of carbonyl (C=O) groups is 1. The lowest BCUT2D eigenvalue weighted by molar-refractivity contribution is -0.137. The Hall–Kier alpha value is -2.50. The molecule has 2 N–H and O–H groups in total. The molecule has 3 heterocycles. The van der Waals surface area contributed by atoms with Crippen LogP contribution in [0.5, 0.6) is 0 Å². The van der Waals surface area contributed by atoms with E-state index >= 15 is 0 Å². The third kappa shape index (κ3) is 9.44. The predicted molar refractivity (Wildman–Crippen MR) is 111 cm³/mol. The maximum absolute atomic E-state index is 10.4. The van der Waals surface area contributed by atoms with Crippen LogP contribution in [0.2, 0.25) is 0 Å². The van der Waals surface area contributed by atoms with Gasteiger partial charge in [-0.15, -0.1) is 0 Å². The second-order valence-electron chi connectivity index (χ2n) is 7.11. The molecule has 0 aliphatic carbocycles. The smallest absolute Gasteiger partial charge is 0.303 e. The molecular formula is C22H32N4O2. The summed E-state index contributed by atoms with van der Waals surface area (Å²) >= 11 is 0. The number of aryl methyl sites for hydroxylation is 2. The number of nitrogens with zero attached hydrogens (tertiary/aromatic N) is 3. The van der Waals surface area contributed by atoms with Crippen molar-refractivity contribution in [1.82, 2.24) is 15.0 Å². The Morgan fingerprint density at radius 3 is 2.43 bits per heavy atom. The van der Waals surface area contributed by atoms with E-state index in [0.29, 0.717) is 6.42 Å². The Morgan fingerprint density at radius 2 is 1.75 bits per heavy atom. The predicted octanol–water partition coefficient (Wildman–Crippen LogP) is 4.66. The topological polar surface area (TPSA) is 88.0 Å². The Balaban J connectivity index is 0.000000397. The molecule has 0 bridgehead atoms. The Kier molecular flexibility index (Phi) is 10.6. The number of hydrogen-bond donors (Lipinski definition) is 2. The number of unbranched alkanes of at least 4 members (excludes halogenated alkanes) is 5. The molecule has 152 valence electrons. The zero-order valence-electron chi connectivity index (χ0n) is 16.6. The molecule has 2 aromatic heterocycles. The van der Waals surface area contributed by atoms with Crippen molar-refractivity contribution < 1.29 is 9.90 Å². The number of fused-ring (bicyclic) bond motifs is 1. The van der Waals surface area contributed by atoms with Crippen molar-refractivity contribution >= 4 is 11.8 Å². The van der Waals surface area contributed by atoms with Gasteiger partial charge in [0.15, 0.2) is 0 Å². The van der Waals surface area contributed by atoms with Gasteiger partial charge in [0, 0.05) is 31.1 Å². The van der Waals surface area contributed by atoms with Gasteiger partial charge in [-0.2, -0.15) is 0 Å². The molecule has 0 spiro atoms. The van der Waals surface area contributed by atoms with Gasteiger partial charge in [0.2, 0.25) is 0 Å². The number of pyridine rings is 1. The number of hydrogen-bond acceptors (Lipinski definition) is 5. The summed E-state index contributed by atoms with van der Waals surface area (Å²) in [6.45, 7) is 1.04. The second kappa shape index (κ2) is 13.6. The normalized spacial score (nSPS) is 12.7. The third-order valence-corrected chi connectivity index (χ3v) is 4.75. The molecule has 0 unspecified atom stereocenters. The summed E-state index contributed by atoms with van der Waals surface area (Å²) < 4.78 is 0. The fourth-order valence-corrected chi connectivity index (χ4v) is 3.21. The molecule has 1 aliphatic heterocycles. The van der Waals surface area contributed by atoms with Crippen LogP contribution in [0, 0.1) is 0 Å². The first-order valence-corrected chi connectivity index (χ1v) is 10.4. The molecule has 0 fully saturated rings. The van der Waals surface area contributed by atoms with Gasteiger partial charge >= 0.3 is 5.97 Å². The van der Waals surface area contributed by atoms with Crippen LogP contribution in [0.25, 0.3) is 0 Å². The molecule has 6 nitrogen and oxygen atoms in total. The average molecular weight is 385 g/mol. The quantitative estimate of drug-likeness (QED) is 0.611. The van der Waals surface area contributed by atoms with Crippen LogP contribution in [0.3, 0.4) is 0 Å². The minimum absolute atomic E-state index is 0.312. The fraction of sp³-hybridized carbons (Fsp3) is 0.545. The van der Waals surface area contributed by atoms with Crippen molar-refractivity contribution in [2.45, 2.75) is 70.6 Å². The summed E-state index contributed by atoms with van der Waals surface area (Å²) in [5.74, 6) is 0.423. The van der Waals surface area contributed by atoms with Gasteiger partial charge in [0.25, 0.3) is 0 Å². The van der Waals surface area contributed by atoms with Crippen LogP contribution < -0.4 is 5.32 Å². The van der Waals surface area contributed by atoms with Crippen molar-refractivity contribution in [3.63, 3.8) is 0 Å². The molecule has 1 aliphatic rings. The van der Waals surface area contributed by atoms with Gasteiger partial charge in [-0.1, -0.05) is 31.7 Å². The molecule has 28 heavy (non-hydrogen) atoms. The fourth-order valence-electron chi connectivity index (χ4n) is 3.21. The summed E-state index contributed by atoms with van der Waals surface area (Å²) in [6, 6.07) is 6.20. The SMILES string of the molecule is O=C(O)CCCCCCCCc1ccc2c(n1)NCCCC2.c1cncnc1. The molecule has 0 amide bonds. The number of aromatic nitrogens is 3. The standard InChI is InChI=1S/C18H28N2O2.C4H4N2/c21-17(22)11-6-4-2-1-3-5-10-16-13-12-15-9-7-8-14-19-18(15)20-16;1-2-5-4-6-3-1/h12-13H,1-11,14H2,(H,19,20)(H,21,22);1-4H. The molecule has 0 aromatic carbocycles. The van der Waals surface area contributed by atoms with Crippen LogP contribution in [-0.4, -0.2) is 32.6 Å². The van der Waals surface area contributed by atoms with Crippen molar-refractivity contribution in [1.29, 1.82) is 0 Å². The molecule has 2 aromatic rings. The van der Waals surface area contributed by atoms with Crippen molar-refractivity contribution in [2.75, 3.05) is 11.9 Å². The van der Waals surface area contributed by atoms with Gasteiger partial charge in [0.1, 0.15) is 12.1 Å². The van der Waals surface area contributed by atoms with E-state index < -0.39 is 5.97 Å². The lowest BCUT2D eigenvalue weighted by Crippen LogP contribution is -2.04. The molecule has 0 saturated carbocycles. The van der Waals surface area contributed by atoms with E-state index in [2.05, 4.69) is 27.4 Å². The van der Waals surface area contributed by atoms with Crippen LogP contribution in [0.15, 0.2) is 36.9 Å². The molecule has 0 saturated heterocycles. The third-order valence-electron chi connectivity index (χ3n) is 4.75. The summed E-state index contributed by atoms with van der Waals surface area (Å²) in [5.41, 5.74) is 2.55. The number of carboxylic acid groups (broad SMARTS) is 1. The van der Waals surface area contributed by atoms with E-state index in [-0.39, 0.29) is 0 Å². The highest BCUT2D eigenvalue weighted by molar-refractivity contribution is 5.66. The number of rotatable bonds is 9. The zero-order valence-corrected chi connectivity index (χ0v) is 16.6. The van der Waals surface area contributed by atoms with Gasteiger partial charge in [-0.05, 0) is 56.2 Å². The molecular weight excluding hydrogens is 352 g/mol. The van der Waals surface area contributed by atoms with Crippen LogP contribution in [0.4, 0.5) is 5.82 Å². The summed E-state index contributed by atoms with van der Waals surface area (Å²) in [7, 11) is 0. The minimum Gasteiger partial charge on any atom is -0.481 e. The first kappa shape index (κ1) is 21.8. The number of nitrogens with one attached hydrogen (secondary N) is 1. The Labute approximate surface area is 167 Å². The highest BCUT2D eigenvalue weighted by Crippen LogP contribution is 2.20. The Morgan fingerprint density at radius 1 is 1.00 bits per heavy atom. The van der Waals surface area contributed by atoms with E-state index in [1.165, 1.54) is 49.7 Å². The van der Waals surface area contributed by atoms with E-state index in [1.807, 2.05) is 0 Å². The molecule has 3 rings (SSSR count). The number of carboxylic acids is 1. The summed E-state index contributed by atoms with van der Waals surface area (Å²) in [4.78, 5) is 22.5. The van der Waals surface area contributed by atoms with Gasteiger partial charge in [-0.25, -0.2) is 15.0 Å². The minimum atomic E-state index is -0.678. The van der Waals surface area contributed by atoms with Gasteiger partial charge in [-0.3, -0.25) is 4.79 Å². The van der Waals surface area contributed by atoms with E-state index in [0.717, 1.165) is 44.5 Å². The molecule has 6 heteroatoms. The highest BCUT2D eigenvalue weighted by Gasteiger charge is 2.09. The maximum Gasteiger partial charge on any atom is 0.303 e. The van der Waals surface area contributed by atoms with Crippen LogP contribution >= 0.6 is 0 Å². The van der Waals surface area contributed by atoms with E-state index in [4.69, 9.17) is 10.1 Å². The van der Waals surface area contributed by atoms with E-state index in [9.17, 15) is 4.79 Å². The summed E-state index contributed by atoms with van der Waals surface area (Å²) in [5, 5.41) is 12.0. The maximum atomic E-state index is 10.4. The van der Waals surface area contributed by atoms with Gasteiger partial charge < -0.3 is 10.4 Å². The lowest BCUT2D eigenvalue weighted by Gasteiger charge is -2.09. The van der Waals surface area contributed by atoms with Crippen molar-refractivity contribution in [3.05, 3.63) is 48.2 Å². The van der Waals surface area contributed by atoms with E-state index in [1.54, 1.807) is 18.5 Å². The lowest BCUT2D eigenvalue weighted by atomic mass is 10.1. The van der Waals surface area contributed by atoms with Gasteiger partial charge in [0.05, 0.1) is 0 Å². The first-order chi connectivity index (χ1) is 13.8. The monoisotopic (exact) mass is 384 g/mol. The molecule has 0 radical (unpaired) electrons. The second-order valence-corrected chi connectivity index (χ2v) is 7.11. The number of aliphatic carboxylic acids is 1. The largest absolute Gasteiger partial charge is 0.481 e. The molecule has 0 atom stereocenters. The van der Waals surface area contributed by atoms with Crippen LogP contribution in [-0.2, 0) is 17.6 Å². The number of anilines is 1. The van der Waals surface area contributed by atoms with Crippen molar-refractivity contribution in [2.24, 2.45) is 0 Å². The average Bonchev–Trinajstić information content (AvgIpc) is 2.96. The zero-order chi connectivity index (χ0) is 19.9. The summed E-state index contributed by atoms with van der Waals surface area (Å²) in [6.07, 6.45) is 16.4.